The van der Waals surface area contributed by atoms with Crippen LogP contribution in [0.5, 0.6) is 0 Å². The number of amides is 1. The van der Waals surface area contributed by atoms with E-state index in [4.69, 9.17) is 16.7 Å². The molecule has 24 heavy (non-hydrogen) atoms. The summed E-state index contributed by atoms with van der Waals surface area (Å²) in [6, 6.07) is 6.81. The standard InChI is InChI=1S/C17H20ClN3O3/c1-10-6-4-5-7-13(10)14(8-16(23)24)19-15(22)9-21-12(3)17(18)11(2)20-21/h4-7,14H,8-9H2,1-3H3,(H,19,22)(H,23,24). The highest BCUT2D eigenvalue weighted by molar-refractivity contribution is 6.31. The summed E-state index contributed by atoms with van der Waals surface area (Å²) < 4.78 is 1.52. The highest BCUT2D eigenvalue weighted by atomic mass is 35.5. The molecule has 128 valence electrons. The minimum Gasteiger partial charge on any atom is -0.481 e. The number of benzene rings is 1. The largest absolute Gasteiger partial charge is 0.481 e. The van der Waals surface area contributed by atoms with E-state index in [2.05, 4.69) is 10.4 Å². The molecular formula is C17H20ClN3O3. The van der Waals surface area contributed by atoms with Crippen molar-refractivity contribution < 1.29 is 14.7 Å². The van der Waals surface area contributed by atoms with E-state index in [1.165, 1.54) is 4.68 Å². The van der Waals surface area contributed by atoms with E-state index >= 15 is 0 Å². The van der Waals surface area contributed by atoms with Crippen molar-refractivity contribution in [3.8, 4) is 0 Å². The fraction of sp³-hybridized carbons (Fsp3) is 0.353. The molecular weight excluding hydrogens is 330 g/mol. The fourth-order valence-electron chi connectivity index (χ4n) is 2.60. The molecule has 1 amide bonds. The predicted octanol–water partition coefficient (Wildman–Crippen LogP) is 2.79. The zero-order valence-corrected chi connectivity index (χ0v) is 14.6. The van der Waals surface area contributed by atoms with Gasteiger partial charge in [-0.25, -0.2) is 0 Å². The van der Waals surface area contributed by atoms with E-state index in [-0.39, 0.29) is 18.9 Å². The second kappa shape index (κ2) is 7.49. The van der Waals surface area contributed by atoms with Crippen molar-refractivity contribution in [3.63, 3.8) is 0 Å². The first-order chi connectivity index (χ1) is 11.3. The van der Waals surface area contributed by atoms with E-state index in [1.807, 2.05) is 31.2 Å². The summed E-state index contributed by atoms with van der Waals surface area (Å²) in [4.78, 5) is 23.5. The molecule has 0 bridgehead atoms. The normalized spacial score (nSPS) is 12.0. The lowest BCUT2D eigenvalue weighted by molar-refractivity contribution is -0.137. The number of halogens is 1. The van der Waals surface area contributed by atoms with Gasteiger partial charge in [-0.05, 0) is 31.9 Å². The SMILES string of the molecule is Cc1ccccc1C(CC(=O)O)NC(=O)Cn1nc(C)c(Cl)c1C. The molecule has 0 radical (unpaired) electrons. The van der Waals surface area contributed by atoms with Gasteiger partial charge in [0.2, 0.25) is 5.91 Å². The lowest BCUT2D eigenvalue weighted by atomic mass is 9.99. The highest BCUT2D eigenvalue weighted by Crippen LogP contribution is 2.21. The molecule has 0 saturated heterocycles. The summed E-state index contributed by atoms with van der Waals surface area (Å²) in [5.74, 6) is -1.29. The molecule has 6 nitrogen and oxygen atoms in total. The van der Waals surface area contributed by atoms with Crippen LogP contribution in [0.3, 0.4) is 0 Å². The molecule has 0 aliphatic heterocycles. The number of rotatable bonds is 6. The number of aromatic nitrogens is 2. The first-order valence-electron chi connectivity index (χ1n) is 7.55. The maximum absolute atomic E-state index is 12.4. The van der Waals surface area contributed by atoms with Crippen LogP contribution in [0.4, 0.5) is 0 Å². The van der Waals surface area contributed by atoms with Crippen LogP contribution >= 0.6 is 11.6 Å². The van der Waals surface area contributed by atoms with Gasteiger partial charge in [-0.2, -0.15) is 5.10 Å². The molecule has 1 unspecified atom stereocenters. The highest BCUT2D eigenvalue weighted by Gasteiger charge is 2.20. The number of hydrogen-bond donors (Lipinski definition) is 2. The zero-order valence-electron chi connectivity index (χ0n) is 13.8. The molecule has 7 heteroatoms. The summed E-state index contributed by atoms with van der Waals surface area (Å²) in [6.07, 6.45) is -0.186. The Hall–Kier alpha value is -2.34. The maximum atomic E-state index is 12.4. The van der Waals surface area contributed by atoms with Crippen molar-refractivity contribution in [2.45, 2.75) is 39.8 Å². The quantitative estimate of drug-likeness (QED) is 0.839. The summed E-state index contributed by atoms with van der Waals surface area (Å²) in [5, 5.41) is 16.7. The molecule has 0 spiro atoms. The van der Waals surface area contributed by atoms with Crippen LogP contribution in [0.1, 0.15) is 35.0 Å². The van der Waals surface area contributed by atoms with Gasteiger partial charge >= 0.3 is 5.97 Å². The number of carboxylic acids is 1. The maximum Gasteiger partial charge on any atom is 0.305 e. The average Bonchev–Trinajstić information content (AvgIpc) is 2.74. The van der Waals surface area contributed by atoms with Crippen LogP contribution in [-0.2, 0) is 16.1 Å². The van der Waals surface area contributed by atoms with Gasteiger partial charge < -0.3 is 10.4 Å². The third kappa shape index (κ3) is 4.14. The molecule has 2 rings (SSSR count). The van der Waals surface area contributed by atoms with Crippen LogP contribution in [0.25, 0.3) is 0 Å². The Morgan fingerprint density at radius 1 is 1.29 bits per heavy atom. The predicted molar refractivity (Wildman–Crippen MR) is 91.0 cm³/mol. The lowest BCUT2D eigenvalue weighted by Crippen LogP contribution is -2.33. The van der Waals surface area contributed by atoms with Crippen molar-refractivity contribution in [3.05, 3.63) is 51.8 Å². The molecule has 1 aromatic heterocycles. The minimum absolute atomic E-state index is 0.0125. The van der Waals surface area contributed by atoms with Gasteiger partial charge in [-0.15, -0.1) is 0 Å². The van der Waals surface area contributed by atoms with E-state index in [9.17, 15) is 9.59 Å². The van der Waals surface area contributed by atoms with Crippen molar-refractivity contribution in [1.82, 2.24) is 15.1 Å². The Morgan fingerprint density at radius 2 is 1.96 bits per heavy atom. The molecule has 0 fully saturated rings. The third-order valence-corrected chi connectivity index (χ3v) is 4.41. The summed E-state index contributed by atoms with van der Waals surface area (Å²) in [6.45, 7) is 5.43. The number of carboxylic acid groups (broad SMARTS) is 1. The second-order valence-corrected chi connectivity index (χ2v) is 6.09. The minimum atomic E-state index is -0.974. The lowest BCUT2D eigenvalue weighted by Gasteiger charge is -2.19. The van der Waals surface area contributed by atoms with Crippen LogP contribution in [0.2, 0.25) is 5.02 Å². The van der Waals surface area contributed by atoms with E-state index in [1.54, 1.807) is 13.8 Å². The fourth-order valence-corrected chi connectivity index (χ4v) is 2.73. The van der Waals surface area contributed by atoms with E-state index in [0.717, 1.165) is 11.1 Å². The molecule has 2 aromatic rings. The van der Waals surface area contributed by atoms with Crippen molar-refractivity contribution in [2.75, 3.05) is 0 Å². The molecule has 1 heterocycles. The van der Waals surface area contributed by atoms with E-state index < -0.39 is 12.0 Å². The number of nitrogens with one attached hydrogen (secondary N) is 1. The summed E-state index contributed by atoms with van der Waals surface area (Å²) >= 11 is 6.08. The summed E-state index contributed by atoms with van der Waals surface area (Å²) in [7, 11) is 0. The van der Waals surface area contributed by atoms with Crippen molar-refractivity contribution >= 4 is 23.5 Å². The number of carbonyl (C=O) groups excluding carboxylic acids is 1. The molecule has 1 aromatic carbocycles. The van der Waals surface area contributed by atoms with Crippen LogP contribution in [0.15, 0.2) is 24.3 Å². The first-order valence-corrected chi connectivity index (χ1v) is 7.93. The van der Waals surface area contributed by atoms with Crippen LogP contribution in [-0.4, -0.2) is 26.8 Å². The van der Waals surface area contributed by atoms with Crippen LogP contribution in [0, 0.1) is 20.8 Å². The Bertz CT molecular complexity index is 770. The van der Waals surface area contributed by atoms with Gasteiger partial charge in [-0.1, -0.05) is 35.9 Å². The Balaban J connectivity index is 2.17. The number of carbonyl (C=O) groups is 2. The van der Waals surface area contributed by atoms with Crippen molar-refractivity contribution in [2.24, 2.45) is 0 Å². The molecule has 0 aliphatic carbocycles. The number of aryl methyl sites for hydroxylation is 2. The molecule has 2 N–H and O–H groups in total. The molecule has 1 atom stereocenters. The van der Waals surface area contributed by atoms with Gasteiger partial charge in [-0.3, -0.25) is 14.3 Å². The van der Waals surface area contributed by atoms with Gasteiger partial charge in [0.15, 0.2) is 0 Å². The average molecular weight is 350 g/mol. The Labute approximate surface area is 145 Å². The second-order valence-electron chi connectivity index (χ2n) is 5.72. The third-order valence-electron chi connectivity index (χ3n) is 3.86. The van der Waals surface area contributed by atoms with Crippen molar-refractivity contribution in [1.29, 1.82) is 0 Å². The van der Waals surface area contributed by atoms with E-state index in [0.29, 0.717) is 16.4 Å². The van der Waals surface area contributed by atoms with Crippen LogP contribution < -0.4 is 5.32 Å². The number of aliphatic carboxylic acids is 1. The van der Waals surface area contributed by atoms with Gasteiger partial charge in [0.1, 0.15) is 6.54 Å². The van der Waals surface area contributed by atoms with Gasteiger partial charge in [0, 0.05) is 0 Å². The Kier molecular flexibility index (Phi) is 5.62. The van der Waals surface area contributed by atoms with Gasteiger partial charge in [0.05, 0.1) is 28.9 Å². The Morgan fingerprint density at radius 3 is 2.50 bits per heavy atom. The number of nitrogens with zero attached hydrogens (tertiary/aromatic N) is 2. The number of hydrogen-bond acceptors (Lipinski definition) is 3. The van der Waals surface area contributed by atoms with Gasteiger partial charge in [0.25, 0.3) is 0 Å². The summed E-state index contributed by atoms with van der Waals surface area (Å²) in [5.41, 5.74) is 3.08. The topological polar surface area (TPSA) is 84.2 Å². The molecule has 0 aliphatic rings. The zero-order chi connectivity index (χ0) is 17.9. The smallest absolute Gasteiger partial charge is 0.305 e. The molecule has 0 saturated carbocycles. The monoisotopic (exact) mass is 349 g/mol. The first kappa shape index (κ1) is 18.0.